The zero-order chi connectivity index (χ0) is 31.7. The highest BCUT2D eigenvalue weighted by molar-refractivity contribution is 7.85. The van der Waals surface area contributed by atoms with E-state index < -0.39 is 10.1 Å². The highest BCUT2D eigenvalue weighted by Crippen LogP contribution is 2.30. The highest BCUT2D eigenvalue weighted by atomic mass is 32.2. The Morgan fingerprint density at radius 1 is 0.795 bits per heavy atom. The third kappa shape index (κ3) is 8.11. The van der Waals surface area contributed by atoms with Crippen LogP contribution < -0.4 is 4.74 Å². The van der Waals surface area contributed by atoms with E-state index >= 15 is 0 Å². The van der Waals surface area contributed by atoms with Crippen molar-refractivity contribution in [1.82, 2.24) is 9.80 Å². The predicted molar refractivity (Wildman–Crippen MR) is 173 cm³/mol. The molecule has 8 nitrogen and oxygen atoms in total. The van der Waals surface area contributed by atoms with Gasteiger partial charge in [0.05, 0.1) is 12.0 Å². The Bertz CT molecular complexity index is 1650. The maximum absolute atomic E-state index is 13.0. The summed E-state index contributed by atoms with van der Waals surface area (Å²) in [6, 6.07) is 25.5. The SMILES string of the molecule is CCN(CCCCCCN1C(=O)c2cccc3cccc(c23)C1=O)Cc1ccccc1OC.Cc1ccc(S(=O)(=O)O)cc1. The third-order valence-corrected chi connectivity index (χ3v) is 8.68. The lowest BCUT2D eigenvalue weighted by atomic mass is 9.94. The second kappa shape index (κ2) is 15.1. The van der Waals surface area contributed by atoms with Crippen LogP contribution in [0, 0.1) is 6.92 Å². The van der Waals surface area contributed by atoms with Crippen LogP contribution in [0.3, 0.4) is 0 Å². The van der Waals surface area contributed by atoms with E-state index in [-0.39, 0.29) is 16.7 Å². The van der Waals surface area contributed by atoms with Crippen molar-refractivity contribution in [1.29, 1.82) is 0 Å². The van der Waals surface area contributed by atoms with Gasteiger partial charge < -0.3 is 4.74 Å². The van der Waals surface area contributed by atoms with Gasteiger partial charge in [0.15, 0.2) is 0 Å². The van der Waals surface area contributed by atoms with E-state index in [0.717, 1.165) is 67.4 Å². The Morgan fingerprint density at radius 3 is 2.00 bits per heavy atom. The van der Waals surface area contributed by atoms with Crippen molar-refractivity contribution in [2.75, 3.05) is 26.7 Å². The van der Waals surface area contributed by atoms with Gasteiger partial charge in [-0.05, 0) is 68.6 Å². The number of nitrogens with zero attached hydrogens (tertiary/aromatic N) is 2. The normalized spacial score (nSPS) is 12.8. The number of para-hydroxylation sites is 1. The fourth-order valence-corrected chi connectivity index (χ4v) is 5.86. The number of ether oxygens (including phenoxy) is 1. The van der Waals surface area contributed by atoms with E-state index in [1.54, 1.807) is 19.2 Å². The molecule has 0 saturated heterocycles. The first-order chi connectivity index (χ1) is 21.1. The zero-order valence-electron chi connectivity index (χ0n) is 25.5. The van der Waals surface area contributed by atoms with Crippen LogP contribution in [-0.4, -0.2) is 61.3 Å². The van der Waals surface area contributed by atoms with Crippen LogP contribution in [-0.2, 0) is 16.7 Å². The lowest BCUT2D eigenvalue weighted by Gasteiger charge is -2.27. The van der Waals surface area contributed by atoms with Gasteiger partial charge in [0.25, 0.3) is 21.9 Å². The van der Waals surface area contributed by atoms with E-state index in [0.29, 0.717) is 17.7 Å². The summed E-state index contributed by atoms with van der Waals surface area (Å²) < 4.78 is 35.0. The second-order valence-corrected chi connectivity index (χ2v) is 12.3. The number of hydrogen-bond donors (Lipinski definition) is 1. The molecule has 5 rings (SSSR count). The van der Waals surface area contributed by atoms with Gasteiger partial charge >= 0.3 is 0 Å². The summed E-state index contributed by atoms with van der Waals surface area (Å²) in [5.41, 5.74) is 3.44. The first-order valence-corrected chi connectivity index (χ1v) is 16.3. The molecule has 0 fully saturated rings. The van der Waals surface area contributed by atoms with Crippen LogP contribution in [0.2, 0.25) is 0 Å². The number of carbonyl (C=O) groups is 2. The van der Waals surface area contributed by atoms with Gasteiger partial charge in [-0.25, -0.2) is 0 Å². The van der Waals surface area contributed by atoms with E-state index in [4.69, 9.17) is 9.29 Å². The van der Waals surface area contributed by atoms with Gasteiger partial charge in [0.2, 0.25) is 0 Å². The van der Waals surface area contributed by atoms with Gasteiger partial charge in [-0.2, -0.15) is 8.42 Å². The van der Waals surface area contributed by atoms with Crippen molar-refractivity contribution >= 4 is 32.7 Å². The second-order valence-electron chi connectivity index (χ2n) is 10.9. The van der Waals surface area contributed by atoms with Gasteiger partial charge in [-0.3, -0.25) is 23.9 Å². The molecule has 232 valence electrons. The molecule has 0 atom stereocenters. The van der Waals surface area contributed by atoms with Gasteiger partial charge in [-0.15, -0.1) is 0 Å². The third-order valence-electron chi connectivity index (χ3n) is 7.81. The minimum atomic E-state index is -4.02. The Hall–Kier alpha value is -4.05. The number of amides is 2. The fraction of sp³-hybridized carbons (Fsp3) is 0.314. The number of aryl methyl sites for hydroxylation is 1. The molecule has 0 aromatic heterocycles. The van der Waals surface area contributed by atoms with Crippen molar-refractivity contribution in [3.63, 3.8) is 0 Å². The number of rotatable bonds is 12. The lowest BCUT2D eigenvalue weighted by molar-refractivity contribution is 0.0607. The minimum Gasteiger partial charge on any atom is -0.496 e. The monoisotopic (exact) mass is 616 g/mol. The van der Waals surface area contributed by atoms with Crippen molar-refractivity contribution in [3.8, 4) is 5.75 Å². The molecule has 0 spiro atoms. The fourth-order valence-electron chi connectivity index (χ4n) is 5.38. The number of hydrogen-bond acceptors (Lipinski definition) is 6. The summed E-state index contributed by atoms with van der Waals surface area (Å²) in [6.45, 7) is 7.38. The number of benzene rings is 4. The molecule has 44 heavy (non-hydrogen) atoms. The van der Waals surface area contributed by atoms with Crippen molar-refractivity contribution in [2.45, 2.75) is 51.0 Å². The van der Waals surface area contributed by atoms with Crippen LogP contribution in [0.1, 0.15) is 64.4 Å². The smallest absolute Gasteiger partial charge is 0.294 e. The predicted octanol–water partition coefficient (Wildman–Crippen LogP) is 6.77. The summed E-state index contributed by atoms with van der Waals surface area (Å²) in [5, 5.41) is 1.74. The molecule has 0 radical (unpaired) electrons. The topological polar surface area (TPSA) is 104 Å². The van der Waals surface area contributed by atoms with Crippen LogP contribution in [0.5, 0.6) is 5.75 Å². The summed E-state index contributed by atoms with van der Waals surface area (Å²) >= 11 is 0. The Morgan fingerprint density at radius 2 is 1.41 bits per heavy atom. The standard InChI is InChI=1S/C28H32N2O3.C7H8O3S/c1-3-29(20-22-12-6-7-17-25(22)33-2)18-8-4-5-9-19-30-27(31)23-15-10-13-21-14-11-16-24(26(21)23)28(30)32;1-6-2-4-7(5-3-6)11(8,9)10/h6-7,10-17H,3-5,8-9,18-20H2,1-2H3;2-5H,1H3,(H,8,9,10). The zero-order valence-corrected chi connectivity index (χ0v) is 26.3. The summed E-state index contributed by atoms with van der Waals surface area (Å²) in [7, 11) is -2.31. The Balaban J connectivity index is 0.000000339. The van der Waals surface area contributed by atoms with Gasteiger partial charge in [-0.1, -0.05) is 79.9 Å². The molecule has 0 bridgehead atoms. The van der Waals surface area contributed by atoms with E-state index in [1.807, 2.05) is 61.5 Å². The molecular weight excluding hydrogens is 576 g/mol. The van der Waals surface area contributed by atoms with E-state index in [1.165, 1.54) is 22.6 Å². The number of unbranched alkanes of at least 4 members (excludes halogenated alkanes) is 3. The van der Waals surface area contributed by atoms with Crippen LogP contribution in [0.25, 0.3) is 10.8 Å². The Kier molecular flexibility index (Phi) is 11.3. The average Bonchev–Trinajstić information content (AvgIpc) is 3.02. The molecule has 1 aliphatic heterocycles. The van der Waals surface area contributed by atoms with Crippen LogP contribution in [0.15, 0.2) is 89.8 Å². The Labute approximate surface area is 260 Å². The molecular formula is C35H40N2O6S. The molecule has 1 heterocycles. The number of carbonyl (C=O) groups excluding carboxylic acids is 2. The van der Waals surface area contributed by atoms with Crippen LogP contribution in [0.4, 0.5) is 0 Å². The number of methoxy groups -OCH3 is 1. The maximum Gasteiger partial charge on any atom is 0.294 e. The molecule has 9 heteroatoms. The highest BCUT2D eigenvalue weighted by Gasteiger charge is 2.32. The largest absolute Gasteiger partial charge is 0.496 e. The molecule has 4 aromatic carbocycles. The van der Waals surface area contributed by atoms with Crippen molar-refractivity contribution in [2.24, 2.45) is 0 Å². The van der Waals surface area contributed by atoms with Crippen molar-refractivity contribution < 1.29 is 27.3 Å². The molecule has 2 amide bonds. The van der Waals surface area contributed by atoms with Crippen LogP contribution >= 0.6 is 0 Å². The van der Waals surface area contributed by atoms with Gasteiger partial charge in [0.1, 0.15) is 5.75 Å². The lowest BCUT2D eigenvalue weighted by Crippen LogP contribution is -2.40. The van der Waals surface area contributed by atoms with E-state index in [9.17, 15) is 18.0 Å². The first kappa shape index (κ1) is 32.9. The summed E-state index contributed by atoms with van der Waals surface area (Å²) in [6.07, 6.45) is 3.99. The summed E-state index contributed by atoms with van der Waals surface area (Å²) in [4.78, 5) is 29.7. The first-order valence-electron chi connectivity index (χ1n) is 14.9. The molecule has 1 aliphatic rings. The van der Waals surface area contributed by atoms with Gasteiger partial charge in [0, 0.05) is 35.2 Å². The minimum absolute atomic E-state index is 0.0666. The maximum atomic E-state index is 13.0. The van der Waals surface area contributed by atoms with Crippen molar-refractivity contribution in [3.05, 3.63) is 107 Å². The molecule has 4 aromatic rings. The summed E-state index contributed by atoms with van der Waals surface area (Å²) in [5.74, 6) is 0.598. The molecule has 0 aliphatic carbocycles. The quantitative estimate of drug-likeness (QED) is 0.106. The number of imide groups is 1. The molecule has 1 N–H and O–H groups in total. The van der Waals surface area contributed by atoms with E-state index in [2.05, 4.69) is 17.9 Å². The molecule has 0 saturated carbocycles. The molecule has 0 unspecified atom stereocenters. The average molecular weight is 617 g/mol.